The highest BCUT2D eigenvalue weighted by molar-refractivity contribution is 5.07. The van der Waals surface area contributed by atoms with Gasteiger partial charge < -0.3 is 14.8 Å². The minimum atomic E-state index is 0.670. The summed E-state index contributed by atoms with van der Waals surface area (Å²) in [6.45, 7) is 5.37. The lowest BCUT2D eigenvalue weighted by Gasteiger charge is -2.00. The molecule has 2 aromatic rings. The molecule has 2 aromatic heterocycles. The Hall–Kier alpha value is -1.69. The number of aryl methyl sites for hydroxylation is 2. The summed E-state index contributed by atoms with van der Waals surface area (Å²) in [6, 6.07) is 0. The number of hydrogen-bond donors (Lipinski definition) is 2. The van der Waals surface area contributed by atoms with E-state index in [-0.39, 0.29) is 0 Å². The Labute approximate surface area is 93.5 Å². The quantitative estimate of drug-likeness (QED) is 0.728. The molecule has 0 saturated heterocycles. The van der Waals surface area contributed by atoms with Crippen LogP contribution in [0.1, 0.15) is 23.1 Å². The Morgan fingerprint density at radius 3 is 2.94 bits per heavy atom. The topological polar surface area (TPSA) is 79.6 Å². The maximum Gasteiger partial charge on any atom is 0.227 e. The number of nitrogens with one attached hydrogen (secondary N) is 2. The van der Waals surface area contributed by atoms with Crippen LogP contribution in [0.2, 0.25) is 0 Å². The van der Waals surface area contributed by atoms with Gasteiger partial charge in [0, 0.05) is 25.2 Å². The molecule has 2 heterocycles. The lowest BCUT2D eigenvalue weighted by Crippen LogP contribution is -2.17. The first-order valence-corrected chi connectivity index (χ1v) is 5.24. The molecule has 0 saturated carbocycles. The number of H-pyrrole nitrogens is 1. The number of aromatic nitrogens is 4. The van der Waals surface area contributed by atoms with Crippen molar-refractivity contribution in [1.29, 1.82) is 0 Å². The van der Waals surface area contributed by atoms with Crippen molar-refractivity contribution in [3.63, 3.8) is 0 Å². The zero-order chi connectivity index (χ0) is 11.4. The molecule has 0 atom stereocenters. The van der Waals surface area contributed by atoms with E-state index in [4.69, 9.17) is 4.52 Å². The van der Waals surface area contributed by atoms with Crippen molar-refractivity contribution in [2.75, 3.05) is 6.54 Å². The minimum Gasteiger partial charge on any atom is -0.348 e. The molecule has 16 heavy (non-hydrogen) atoms. The molecule has 0 aromatic carbocycles. The van der Waals surface area contributed by atoms with Crippen LogP contribution in [0.25, 0.3) is 0 Å². The van der Waals surface area contributed by atoms with E-state index in [1.807, 2.05) is 13.8 Å². The Bertz CT molecular complexity index is 448. The van der Waals surface area contributed by atoms with Crippen LogP contribution in [0.4, 0.5) is 0 Å². The molecular weight excluding hydrogens is 206 g/mol. The van der Waals surface area contributed by atoms with E-state index in [1.54, 1.807) is 6.33 Å². The first-order chi connectivity index (χ1) is 7.75. The van der Waals surface area contributed by atoms with E-state index in [0.29, 0.717) is 11.7 Å². The van der Waals surface area contributed by atoms with Crippen molar-refractivity contribution >= 4 is 0 Å². The number of hydrogen-bond acceptors (Lipinski definition) is 5. The number of aromatic amines is 1. The molecule has 0 aliphatic heterocycles. The van der Waals surface area contributed by atoms with Crippen molar-refractivity contribution in [3.05, 3.63) is 29.4 Å². The third-order valence-electron chi connectivity index (χ3n) is 2.31. The molecule has 0 unspecified atom stereocenters. The molecule has 86 valence electrons. The largest absolute Gasteiger partial charge is 0.348 e. The normalized spacial score (nSPS) is 10.9. The van der Waals surface area contributed by atoms with Gasteiger partial charge in [-0.05, 0) is 13.8 Å². The maximum atomic E-state index is 5.00. The lowest BCUT2D eigenvalue weighted by molar-refractivity contribution is 0.372. The van der Waals surface area contributed by atoms with E-state index >= 15 is 0 Å². The second-order valence-electron chi connectivity index (χ2n) is 3.64. The van der Waals surface area contributed by atoms with Crippen LogP contribution in [0, 0.1) is 13.8 Å². The molecule has 2 rings (SSSR count). The monoisotopic (exact) mass is 221 g/mol. The molecule has 2 N–H and O–H groups in total. The van der Waals surface area contributed by atoms with E-state index in [2.05, 4.69) is 25.4 Å². The summed E-state index contributed by atoms with van der Waals surface area (Å²) in [5.41, 5.74) is 2.14. The number of imidazole rings is 1. The second-order valence-corrected chi connectivity index (χ2v) is 3.64. The van der Waals surface area contributed by atoms with Crippen LogP contribution in [-0.2, 0) is 13.0 Å². The molecule has 0 aliphatic carbocycles. The van der Waals surface area contributed by atoms with E-state index < -0.39 is 0 Å². The highest BCUT2D eigenvalue weighted by Crippen LogP contribution is 2.00. The molecule has 0 amide bonds. The van der Waals surface area contributed by atoms with Crippen molar-refractivity contribution in [2.24, 2.45) is 0 Å². The molecule has 0 spiro atoms. The lowest BCUT2D eigenvalue weighted by atomic mass is 10.3. The zero-order valence-electron chi connectivity index (χ0n) is 9.45. The first-order valence-electron chi connectivity index (χ1n) is 5.24. The fraction of sp³-hybridized carbons (Fsp3) is 0.500. The average molecular weight is 221 g/mol. The Balaban J connectivity index is 1.71. The summed E-state index contributed by atoms with van der Waals surface area (Å²) in [4.78, 5) is 11.4. The molecule has 0 bridgehead atoms. The van der Waals surface area contributed by atoms with Gasteiger partial charge in [-0.2, -0.15) is 4.98 Å². The van der Waals surface area contributed by atoms with E-state index in [1.165, 1.54) is 0 Å². The van der Waals surface area contributed by atoms with Gasteiger partial charge in [0.25, 0.3) is 0 Å². The van der Waals surface area contributed by atoms with Crippen LogP contribution < -0.4 is 5.32 Å². The summed E-state index contributed by atoms with van der Waals surface area (Å²) < 4.78 is 5.00. The van der Waals surface area contributed by atoms with Gasteiger partial charge in [-0.1, -0.05) is 5.16 Å². The SMILES string of the molecule is Cc1noc(CCNCc2nc[nH]c2C)n1. The van der Waals surface area contributed by atoms with Gasteiger partial charge in [-0.3, -0.25) is 0 Å². The highest BCUT2D eigenvalue weighted by atomic mass is 16.5. The third kappa shape index (κ3) is 2.66. The van der Waals surface area contributed by atoms with Gasteiger partial charge in [-0.15, -0.1) is 0 Å². The standard InChI is InChI=1S/C10H15N5O/c1-7-9(13-6-12-7)5-11-4-3-10-14-8(2)15-16-10/h6,11H,3-5H2,1-2H3,(H,12,13). The third-order valence-corrected chi connectivity index (χ3v) is 2.31. The molecular formula is C10H15N5O. The summed E-state index contributed by atoms with van der Waals surface area (Å²) in [5, 5.41) is 7.00. The summed E-state index contributed by atoms with van der Waals surface area (Å²) in [6.07, 6.45) is 2.44. The Morgan fingerprint density at radius 1 is 1.44 bits per heavy atom. The van der Waals surface area contributed by atoms with Gasteiger partial charge in [0.05, 0.1) is 12.0 Å². The van der Waals surface area contributed by atoms with E-state index in [9.17, 15) is 0 Å². The average Bonchev–Trinajstić information content (AvgIpc) is 2.83. The second kappa shape index (κ2) is 4.89. The minimum absolute atomic E-state index is 0.670. The smallest absolute Gasteiger partial charge is 0.227 e. The molecule has 6 heteroatoms. The van der Waals surface area contributed by atoms with Crippen LogP contribution in [0.3, 0.4) is 0 Å². The van der Waals surface area contributed by atoms with Crippen molar-refractivity contribution in [3.8, 4) is 0 Å². The van der Waals surface area contributed by atoms with Crippen molar-refractivity contribution in [1.82, 2.24) is 25.4 Å². The molecule has 0 aliphatic rings. The molecule has 0 fully saturated rings. The predicted octanol–water partition coefficient (Wildman–Crippen LogP) is 0.742. The van der Waals surface area contributed by atoms with Crippen molar-refractivity contribution in [2.45, 2.75) is 26.8 Å². The number of nitrogens with zero attached hydrogens (tertiary/aromatic N) is 3. The van der Waals surface area contributed by atoms with Gasteiger partial charge in [0.15, 0.2) is 5.82 Å². The molecule has 6 nitrogen and oxygen atoms in total. The Kier molecular flexibility index (Phi) is 3.31. The van der Waals surface area contributed by atoms with Crippen molar-refractivity contribution < 1.29 is 4.52 Å². The van der Waals surface area contributed by atoms with Crippen LogP contribution in [0.15, 0.2) is 10.9 Å². The van der Waals surface area contributed by atoms with Gasteiger partial charge in [0.2, 0.25) is 5.89 Å². The summed E-state index contributed by atoms with van der Waals surface area (Å²) in [5.74, 6) is 1.35. The van der Waals surface area contributed by atoms with Crippen LogP contribution in [-0.4, -0.2) is 26.7 Å². The van der Waals surface area contributed by atoms with Gasteiger partial charge in [0.1, 0.15) is 0 Å². The van der Waals surface area contributed by atoms with Gasteiger partial charge in [-0.25, -0.2) is 4.98 Å². The summed E-state index contributed by atoms with van der Waals surface area (Å²) >= 11 is 0. The number of rotatable bonds is 5. The highest BCUT2D eigenvalue weighted by Gasteiger charge is 2.03. The van der Waals surface area contributed by atoms with Crippen LogP contribution >= 0.6 is 0 Å². The van der Waals surface area contributed by atoms with Crippen LogP contribution in [0.5, 0.6) is 0 Å². The fourth-order valence-corrected chi connectivity index (χ4v) is 1.41. The fourth-order valence-electron chi connectivity index (χ4n) is 1.41. The van der Waals surface area contributed by atoms with Gasteiger partial charge >= 0.3 is 0 Å². The van der Waals surface area contributed by atoms with E-state index in [0.717, 1.165) is 30.9 Å². The predicted molar refractivity (Wildman–Crippen MR) is 57.8 cm³/mol. The Morgan fingerprint density at radius 2 is 2.31 bits per heavy atom. The first kappa shape index (κ1) is 10.8. The zero-order valence-corrected chi connectivity index (χ0v) is 9.45. The maximum absolute atomic E-state index is 5.00. The molecule has 0 radical (unpaired) electrons. The summed E-state index contributed by atoms with van der Waals surface area (Å²) in [7, 11) is 0.